The number of Topliss-reactive ketones (excluding diaryl/α,β-unsaturated/α-hetero) is 2. The highest BCUT2D eigenvalue weighted by Gasteiger charge is 2.64. The number of nitrogens with zero attached hydrogens (tertiary/aromatic N) is 2. The molecule has 0 aromatic heterocycles. The van der Waals surface area contributed by atoms with Crippen molar-refractivity contribution in [1.82, 2.24) is 9.80 Å². The number of piperidine rings is 1. The molecule has 4 atom stereocenters. The maximum atomic E-state index is 13.9. The smallest absolute Gasteiger partial charge is 0.391 e. The Balaban J connectivity index is 1.57. The van der Waals surface area contributed by atoms with E-state index in [0.717, 1.165) is 0 Å². The van der Waals surface area contributed by atoms with E-state index in [-0.39, 0.29) is 62.2 Å². The highest BCUT2D eigenvalue weighted by molar-refractivity contribution is 6.24. The number of benzene rings is 1. The zero-order valence-corrected chi connectivity index (χ0v) is 23.9. The number of primary amides is 1. The summed E-state index contributed by atoms with van der Waals surface area (Å²) in [6.45, 7) is 0.536. The number of phenols is 1. The number of likely N-dealkylation sites (tertiary alicyclic amines) is 1. The van der Waals surface area contributed by atoms with Crippen LogP contribution in [-0.2, 0) is 27.3 Å². The number of carbonyl (C=O) groups is 3. The van der Waals surface area contributed by atoms with Gasteiger partial charge in [0.2, 0.25) is 5.78 Å². The topological polar surface area (TPSA) is 174 Å². The number of nitrogens with two attached hydrogens (primary N) is 1. The number of phenolic OH excluding ortho intramolecular Hbond substituents is 1. The summed E-state index contributed by atoms with van der Waals surface area (Å²) < 4.78 is 45.1. The number of aliphatic hydroxyl groups is 3. The number of rotatable bonds is 5. The van der Waals surface area contributed by atoms with Crippen molar-refractivity contribution in [2.75, 3.05) is 34.3 Å². The summed E-state index contributed by atoms with van der Waals surface area (Å²) >= 11 is 0. The van der Waals surface area contributed by atoms with Crippen molar-refractivity contribution in [3.05, 3.63) is 39.7 Å². The number of ether oxygens (including phenoxy) is 1. The average Bonchev–Trinajstić information content (AvgIpc) is 2.90. The Morgan fingerprint density at radius 2 is 1.81 bits per heavy atom. The first kappa shape index (κ1) is 30.8. The predicted molar refractivity (Wildman–Crippen MR) is 145 cm³/mol. The molecular weight excluding hydrogens is 575 g/mol. The summed E-state index contributed by atoms with van der Waals surface area (Å²) in [5.74, 6) is -8.62. The molecule has 11 nitrogen and oxygen atoms in total. The first-order valence-corrected chi connectivity index (χ1v) is 13.9. The molecule has 1 aromatic rings. The van der Waals surface area contributed by atoms with E-state index in [1.54, 1.807) is 0 Å². The second-order valence-corrected chi connectivity index (χ2v) is 12.0. The molecule has 0 bridgehead atoms. The molecule has 1 saturated heterocycles. The van der Waals surface area contributed by atoms with Gasteiger partial charge in [0.25, 0.3) is 5.91 Å². The molecule has 43 heavy (non-hydrogen) atoms. The van der Waals surface area contributed by atoms with Crippen LogP contribution in [0.25, 0.3) is 5.76 Å². The van der Waals surface area contributed by atoms with Crippen molar-refractivity contribution in [1.29, 1.82) is 0 Å². The third-order valence-electron chi connectivity index (χ3n) is 9.40. The molecule has 1 saturated carbocycles. The van der Waals surface area contributed by atoms with Gasteiger partial charge in [0.15, 0.2) is 11.4 Å². The van der Waals surface area contributed by atoms with Crippen LogP contribution in [0.4, 0.5) is 13.2 Å². The SMILES string of the molecule is COc1c(CN2CCC(C(F)(F)F)CC2)cc(O)c2c1C[C@H]1C[C@H]3[C@H](N(C)C)C(=O)C(C(N)=O)=C(O)[C@@]3(O)C(=O)C1=C2O. The maximum absolute atomic E-state index is 13.9. The van der Waals surface area contributed by atoms with Gasteiger partial charge in [-0.25, -0.2) is 0 Å². The molecule has 6 N–H and O–H groups in total. The van der Waals surface area contributed by atoms with Crippen LogP contribution >= 0.6 is 0 Å². The van der Waals surface area contributed by atoms with Crippen molar-refractivity contribution >= 4 is 23.2 Å². The molecule has 1 aromatic carbocycles. The van der Waals surface area contributed by atoms with Crippen molar-refractivity contribution in [2.45, 2.75) is 50.0 Å². The molecule has 1 amide bonds. The third kappa shape index (κ3) is 4.66. The zero-order chi connectivity index (χ0) is 31.8. The number of hydrogen-bond acceptors (Lipinski definition) is 10. The lowest BCUT2D eigenvalue weighted by atomic mass is 9.57. The highest BCUT2D eigenvalue weighted by Crippen LogP contribution is 2.54. The van der Waals surface area contributed by atoms with Crippen molar-refractivity contribution in [3.8, 4) is 11.5 Å². The standard InChI is InChI=1S/C29H34F3N3O8/c1-34(2)21-16-9-12-8-15-19(22(37)18(12)25(39)28(16,42)26(40)20(23(21)38)27(33)41)17(36)10-13(24(15)43-3)11-35-6-4-14(5-7-35)29(30,31)32/h10,12,14,16,21,36-37,40,42H,4-9,11H2,1-3H3,(H2,33,41)/t12-,16-,21-,28-/m0/s1. The molecule has 0 radical (unpaired) electrons. The first-order chi connectivity index (χ1) is 20.0. The van der Waals surface area contributed by atoms with Crippen LogP contribution in [0, 0.1) is 17.8 Å². The van der Waals surface area contributed by atoms with Gasteiger partial charge >= 0.3 is 6.18 Å². The fraction of sp³-hybridized carbons (Fsp3) is 0.552. The zero-order valence-electron chi connectivity index (χ0n) is 23.9. The second kappa shape index (κ2) is 10.5. The fourth-order valence-corrected chi connectivity index (χ4v) is 7.39. The molecule has 234 valence electrons. The number of aliphatic hydroxyl groups excluding tert-OH is 2. The molecule has 1 heterocycles. The monoisotopic (exact) mass is 609 g/mol. The maximum Gasteiger partial charge on any atom is 0.391 e. The number of amides is 1. The summed E-state index contributed by atoms with van der Waals surface area (Å²) in [7, 11) is 4.40. The Kier molecular flexibility index (Phi) is 7.55. The number of methoxy groups -OCH3 is 1. The third-order valence-corrected chi connectivity index (χ3v) is 9.40. The van der Waals surface area contributed by atoms with Crippen LogP contribution in [0.1, 0.15) is 36.0 Å². The number of halogens is 3. The molecule has 14 heteroatoms. The Labute approximate surface area is 245 Å². The summed E-state index contributed by atoms with van der Waals surface area (Å²) in [6.07, 6.45) is -4.43. The van der Waals surface area contributed by atoms with Crippen LogP contribution in [0.5, 0.6) is 11.5 Å². The van der Waals surface area contributed by atoms with Crippen LogP contribution in [0.15, 0.2) is 23.0 Å². The van der Waals surface area contributed by atoms with Gasteiger partial charge in [-0.2, -0.15) is 13.2 Å². The summed E-state index contributed by atoms with van der Waals surface area (Å²) in [5, 5.41) is 45.0. The molecule has 3 aliphatic carbocycles. The number of aromatic hydroxyl groups is 1. The Morgan fingerprint density at radius 1 is 1.19 bits per heavy atom. The van der Waals surface area contributed by atoms with Gasteiger partial charge in [0.1, 0.15) is 28.6 Å². The minimum atomic E-state index is -4.26. The van der Waals surface area contributed by atoms with E-state index in [9.17, 15) is 48.0 Å². The predicted octanol–water partition coefficient (Wildman–Crippen LogP) is 1.75. The van der Waals surface area contributed by atoms with Gasteiger partial charge in [0.05, 0.1) is 24.6 Å². The van der Waals surface area contributed by atoms with Gasteiger partial charge in [-0.15, -0.1) is 0 Å². The van der Waals surface area contributed by atoms with E-state index >= 15 is 0 Å². The van der Waals surface area contributed by atoms with Crippen LogP contribution in [0.3, 0.4) is 0 Å². The van der Waals surface area contributed by atoms with Crippen molar-refractivity contribution in [2.24, 2.45) is 23.5 Å². The number of carbonyl (C=O) groups excluding carboxylic acids is 3. The van der Waals surface area contributed by atoms with E-state index in [1.807, 2.05) is 4.90 Å². The normalized spacial score (nSPS) is 28.6. The van der Waals surface area contributed by atoms with Crippen molar-refractivity contribution < 1.29 is 52.7 Å². The van der Waals surface area contributed by atoms with Crippen LogP contribution in [0.2, 0.25) is 0 Å². The van der Waals surface area contributed by atoms with Gasteiger partial charge in [-0.1, -0.05) is 0 Å². The molecule has 2 fully saturated rings. The number of likely N-dealkylation sites (N-methyl/N-ethyl adjacent to an activating group) is 1. The van der Waals surface area contributed by atoms with E-state index in [1.165, 1.54) is 32.2 Å². The van der Waals surface area contributed by atoms with Gasteiger partial charge in [-0.3, -0.25) is 24.2 Å². The fourth-order valence-electron chi connectivity index (χ4n) is 7.39. The minimum Gasteiger partial charge on any atom is -0.508 e. The largest absolute Gasteiger partial charge is 0.508 e. The molecule has 0 spiro atoms. The number of alkyl halides is 3. The number of hydrogen-bond donors (Lipinski definition) is 5. The molecule has 5 rings (SSSR count). The lowest BCUT2D eigenvalue weighted by Crippen LogP contribution is -2.65. The summed E-state index contributed by atoms with van der Waals surface area (Å²) in [4.78, 5) is 42.5. The molecule has 1 aliphatic heterocycles. The Morgan fingerprint density at radius 3 is 2.35 bits per heavy atom. The van der Waals surface area contributed by atoms with Gasteiger partial charge < -0.3 is 30.9 Å². The van der Waals surface area contributed by atoms with E-state index in [0.29, 0.717) is 11.1 Å². The Hall–Kier alpha value is -3.62. The van der Waals surface area contributed by atoms with E-state index in [2.05, 4.69) is 0 Å². The lowest BCUT2D eigenvalue weighted by molar-refractivity contribution is -0.185. The molecule has 4 aliphatic rings. The van der Waals surface area contributed by atoms with E-state index in [4.69, 9.17) is 10.5 Å². The van der Waals surface area contributed by atoms with Crippen LogP contribution < -0.4 is 10.5 Å². The quantitative estimate of drug-likeness (QED) is 0.310. The minimum absolute atomic E-state index is 0.0370. The average molecular weight is 610 g/mol. The van der Waals surface area contributed by atoms with Crippen LogP contribution in [-0.4, -0.2) is 99.8 Å². The lowest BCUT2D eigenvalue weighted by Gasteiger charge is -2.50. The van der Waals surface area contributed by atoms with Crippen molar-refractivity contribution in [3.63, 3.8) is 0 Å². The second-order valence-electron chi connectivity index (χ2n) is 12.0. The number of fused-ring (bicyclic) bond motifs is 3. The Bertz CT molecular complexity index is 1460. The van der Waals surface area contributed by atoms with Gasteiger partial charge in [-0.05, 0) is 64.9 Å². The number of ketones is 2. The first-order valence-electron chi connectivity index (χ1n) is 13.9. The summed E-state index contributed by atoms with van der Waals surface area (Å²) in [5.41, 5.74) is 2.13. The molecule has 0 unspecified atom stereocenters. The van der Waals surface area contributed by atoms with E-state index < -0.39 is 75.9 Å². The summed E-state index contributed by atoms with van der Waals surface area (Å²) in [6, 6.07) is 0.109. The van der Waals surface area contributed by atoms with Gasteiger partial charge in [0, 0.05) is 29.2 Å². The highest BCUT2D eigenvalue weighted by atomic mass is 19.4. The molecular formula is C29H34F3N3O8.